The van der Waals surface area contributed by atoms with Crippen LogP contribution in [0, 0.1) is 0 Å². The molecular weight excluding hydrogens is 340 g/mol. The van der Waals surface area contributed by atoms with E-state index in [9.17, 15) is 0 Å². The van der Waals surface area contributed by atoms with Crippen LogP contribution in [-0.4, -0.2) is 57.8 Å². The van der Waals surface area contributed by atoms with Crippen molar-refractivity contribution in [2.24, 2.45) is 4.99 Å². The van der Waals surface area contributed by atoms with Gasteiger partial charge in [0.25, 0.3) is 0 Å². The molecule has 0 bridgehead atoms. The van der Waals surface area contributed by atoms with E-state index in [-0.39, 0.29) is 0 Å². The molecule has 0 saturated heterocycles. The second kappa shape index (κ2) is 12.4. The van der Waals surface area contributed by atoms with Gasteiger partial charge in [-0.3, -0.25) is 4.99 Å². The Balaban J connectivity index is 1.77. The van der Waals surface area contributed by atoms with Crippen LogP contribution in [-0.2, 0) is 0 Å². The van der Waals surface area contributed by atoms with E-state index in [1.54, 1.807) is 0 Å². The normalized spacial score (nSPS) is 14.1. The largest absolute Gasteiger partial charge is 0.490 e. The minimum atomic E-state index is 0.694. The topological polar surface area (TPSA) is 58.1 Å². The highest BCUT2D eigenvalue weighted by Gasteiger charge is 2.11. The number of fused-ring (bicyclic) bond motifs is 1. The SMILES string of the molecule is CCNC(=NCCCCCCCN(C)C)Nc1ccc2c(c1)OCCCO2. The van der Waals surface area contributed by atoms with Crippen LogP contribution in [0.3, 0.4) is 0 Å². The molecule has 1 aromatic carbocycles. The Morgan fingerprint density at radius 1 is 1.04 bits per heavy atom. The van der Waals surface area contributed by atoms with Crippen molar-refractivity contribution >= 4 is 11.6 Å². The van der Waals surface area contributed by atoms with Crippen molar-refractivity contribution in [3.05, 3.63) is 18.2 Å². The molecule has 0 atom stereocenters. The predicted octanol–water partition coefficient (Wildman–Crippen LogP) is 3.74. The van der Waals surface area contributed by atoms with Gasteiger partial charge in [0.1, 0.15) is 0 Å². The number of aliphatic imine (C=N–C) groups is 1. The van der Waals surface area contributed by atoms with Crippen LogP contribution >= 0.6 is 0 Å². The summed E-state index contributed by atoms with van der Waals surface area (Å²) in [5.74, 6) is 2.43. The van der Waals surface area contributed by atoms with Gasteiger partial charge in [0.15, 0.2) is 17.5 Å². The van der Waals surface area contributed by atoms with Crippen molar-refractivity contribution < 1.29 is 9.47 Å². The molecule has 6 heteroatoms. The molecule has 0 unspecified atom stereocenters. The van der Waals surface area contributed by atoms with E-state index < -0.39 is 0 Å². The van der Waals surface area contributed by atoms with E-state index in [0.29, 0.717) is 13.2 Å². The van der Waals surface area contributed by atoms with Crippen LogP contribution in [0.1, 0.15) is 45.4 Å². The first-order chi connectivity index (χ1) is 13.2. The van der Waals surface area contributed by atoms with Gasteiger partial charge in [-0.05, 0) is 52.5 Å². The third-order valence-corrected chi connectivity index (χ3v) is 4.39. The lowest BCUT2D eigenvalue weighted by Gasteiger charge is -2.13. The van der Waals surface area contributed by atoms with Gasteiger partial charge in [-0.1, -0.05) is 19.3 Å². The Kier molecular flexibility index (Phi) is 9.84. The average Bonchev–Trinajstić information content (AvgIpc) is 2.88. The standard InChI is InChI=1S/C21H36N4O2/c1-4-22-21(23-13-8-6-5-7-9-14-25(2)3)24-18-11-12-19-20(17-18)27-16-10-15-26-19/h11-12,17H,4-10,13-16H2,1-3H3,(H2,22,23,24). The molecular formula is C21H36N4O2. The quantitative estimate of drug-likeness (QED) is 0.370. The van der Waals surface area contributed by atoms with Gasteiger partial charge in [-0.15, -0.1) is 0 Å². The van der Waals surface area contributed by atoms with Crippen molar-refractivity contribution in [3.63, 3.8) is 0 Å². The number of hydrogen-bond acceptors (Lipinski definition) is 4. The Morgan fingerprint density at radius 2 is 1.78 bits per heavy atom. The zero-order chi connectivity index (χ0) is 19.3. The first kappa shape index (κ1) is 21.4. The molecule has 1 aliphatic heterocycles. The molecule has 2 N–H and O–H groups in total. The lowest BCUT2D eigenvalue weighted by molar-refractivity contribution is 0.297. The maximum absolute atomic E-state index is 5.76. The smallest absolute Gasteiger partial charge is 0.195 e. The molecule has 6 nitrogen and oxygen atoms in total. The highest BCUT2D eigenvalue weighted by Crippen LogP contribution is 2.32. The van der Waals surface area contributed by atoms with E-state index in [1.807, 2.05) is 18.2 Å². The summed E-state index contributed by atoms with van der Waals surface area (Å²) in [7, 11) is 4.26. The van der Waals surface area contributed by atoms with E-state index in [4.69, 9.17) is 14.5 Å². The first-order valence-electron chi connectivity index (χ1n) is 10.3. The van der Waals surface area contributed by atoms with Gasteiger partial charge in [0.2, 0.25) is 0 Å². The van der Waals surface area contributed by atoms with Crippen LogP contribution in [0.5, 0.6) is 11.5 Å². The minimum Gasteiger partial charge on any atom is -0.490 e. The van der Waals surface area contributed by atoms with Crippen molar-refractivity contribution in [2.45, 2.75) is 45.4 Å². The van der Waals surface area contributed by atoms with Gasteiger partial charge < -0.3 is 25.0 Å². The summed E-state index contributed by atoms with van der Waals surface area (Å²) >= 11 is 0. The molecule has 2 rings (SSSR count). The maximum atomic E-state index is 5.76. The minimum absolute atomic E-state index is 0.694. The number of anilines is 1. The van der Waals surface area contributed by atoms with Gasteiger partial charge in [-0.25, -0.2) is 0 Å². The maximum Gasteiger partial charge on any atom is 0.195 e. The van der Waals surface area contributed by atoms with Crippen LogP contribution in [0.4, 0.5) is 5.69 Å². The summed E-state index contributed by atoms with van der Waals surface area (Å²) in [5.41, 5.74) is 0.961. The fraction of sp³-hybridized carbons (Fsp3) is 0.667. The lowest BCUT2D eigenvalue weighted by Crippen LogP contribution is -2.30. The Hall–Kier alpha value is -1.95. The molecule has 0 radical (unpaired) electrons. The molecule has 27 heavy (non-hydrogen) atoms. The summed E-state index contributed by atoms with van der Waals surface area (Å²) < 4.78 is 11.4. The summed E-state index contributed by atoms with van der Waals surface area (Å²) in [6, 6.07) is 5.95. The number of guanidine groups is 1. The van der Waals surface area contributed by atoms with Gasteiger partial charge in [0, 0.05) is 31.3 Å². The Morgan fingerprint density at radius 3 is 2.56 bits per heavy atom. The summed E-state index contributed by atoms with van der Waals surface area (Å²) in [6.07, 6.45) is 7.15. The Labute approximate surface area is 164 Å². The molecule has 1 aromatic rings. The van der Waals surface area contributed by atoms with Gasteiger partial charge >= 0.3 is 0 Å². The second-order valence-corrected chi connectivity index (χ2v) is 7.17. The molecule has 0 aromatic heterocycles. The summed E-state index contributed by atoms with van der Waals surface area (Å²) in [6.45, 7) is 6.34. The van der Waals surface area contributed by atoms with Crippen molar-refractivity contribution in [3.8, 4) is 11.5 Å². The molecule has 0 spiro atoms. The van der Waals surface area contributed by atoms with Gasteiger partial charge in [0.05, 0.1) is 13.2 Å². The zero-order valence-electron chi connectivity index (χ0n) is 17.2. The highest BCUT2D eigenvalue weighted by molar-refractivity contribution is 5.93. The average molecular weight is 377 g/mol. The molecule has 1 aliphatic rings. The van der Waals surface area contributed by atoms with E-state index in [1.165, 1.54) is 32.2 Å². The zero-order valence-corrected chi connectivity index (χ0v) is 17.2. The monoisotopic (exact) mass is 376 g/mol. The molecule has 0 amide bonds. The van der Waals surface area contributed by atoms with Crippen molar-refractivity contribution in [1.82, 2.24) is 10.2 Å². The lowest BCUT2D eigenvalue weighted by atomic mass is 10.1. The molecule has 0 fully saturated rings. The number of rotatable bonds is 10. The number of unbranched alkanes of at least 4 members (excludes halogenated alkanes) is 4. The van der Waals surface area contributed by atoms with Crippen LogP contribution in [0.2, 0.25) is 0 Å². The Bertz CT molecular complexity index is 575. The van der Waals surface area contributed by atoms with Crippen molar-refractivity contribution in [1.29, 1.82) is 0 Å². The molecule has 0 aliphatic carbocycles. The number of hydrogen-bond donors (Lipinski definition) is 2. The third-order valence-electron chi connectivity index (χ3n) is 4.39. The molecule has 152 valence electrons. The summed E-state index contributed by atoms with van der Waals surface area (Å²) in [5, 5.41) is 6.68. The third kappa shape index (κ3) is 8.52. The first-order valence-corrected chi connectivity index (χ1v) is 10.3. The van der Waals surface area contributed by atoms with E-state index >= 15 is 0 Å². The van der Waals surface area contributed by atoms with Gasteiger partial charge in [-0.2, -0.15) is 0 Å². The number of benzene rings is 1. The van der Waals surface area contributed by atoms with Crippen LogP contribution in [0.25, 0.3) is 0 Å². The fourth-order valence-electron chi connectivity index (χ4n) is 2.95. The fourth-order valence-corrected chi connectivity index (χ4v) is 2.95. The van der Waals surface area contributed by atoms with E-state index in [0.717, 1.165) is 49.1 Å². The number of ether oxygens (including phenoxy) is 2. The molecule has 0 saturated carbocycles. The number of nitrogens with one attached hydrogen (secondary N) is 2. The molecule has 1 heterocycles. The summed E-state index contributed by atoms with van der Waals surface area (Å²) in [4.78, 5) is 6.95. The number of nitrogens with zero attached hydrogens (tertiary/aromatic N) is 2. The predicted molar refractivity (Wildman–Crippen MR) is 113 cm³/mol. The van der Waals surface area contributed by atoms with E-state index in [2.05, 4.69) is 36.6 Å². The van der Waals surface area contributed by atoms with Crippen LogP contribution in [0.15, 0.2) is 23.2 Å². The highest BCUT2D eigenvalue weighted by atomic mass is 16.5. The van der Waals surface area contributed by atoms with Crippen LogP contribution < -0.4 is 20.1 Å². The van der Waals surface area contributed by atoms with Crippen molar-refractivity contribution in [2.75, 3.05) is 52.3 Å². The second-order valence-electron chi connectivity index (χ2n) is 7.17.